The van der Waals surface area contributed by atoms with Crippen LogP contribution in [0.5, 0.6) is 5.75 Å². The highest BCUT2D eigenvalue weighted by Gasteiger charge is 2.15. The predicted octanol–water partition coefficient (Wildman–Crippen LogP) is 5.74. The molecule has 1 aromatic carbocycles. The molecular formula is C19H28BrNO3. The lowest BCUT2D eigenvalue weighted by molar-refractivity contribution is 0.0527. The molecule has 0 aromatic heterocycles. The van der Waals surface area contributed by atoms with Crippen molar-refractivity contribution >= 4 is 22.0 Å². The molecule has 0 atom stereocenters. The van der Waals surface area contributed by atoms with Gasteiger partial charge in [-0.05, 0) is 64.0 Å². The molecule has 134 valence electrons. The Labute approximate surface area is 153 Å². The van der Waals surface area contributed by atoms with E-state index in [-0.39, 0.29) is 0 Å². The van der Waals surface area contributed by atoms with Crippen LogP contribution < -0.4 is 10.1 Å². The summed E-state index contributed by atoms with van der Waals surface area (Å²) in [5.74, 6) is 1.69. The zero-order valence-corrected chi connectivity index (χ0v) is 16.8. The number of nitrogens with one attached hydrogen (secondary N) is 1. The molecule has 1 N–H and O–H groups in total. The summed E-state index contributed by atoms with van der Waals surface area (Å²) in [7, 11) is 0. The highest BCUT2D eigenvalue weighted by atomic mass is 79.9. The monoisotopic (exact) mass is 397 g/mol. The molecule has 5 heteroatoms. The van der Waals surface area contributed by atoms with Crippen molar-refractivity contribution in [3.8, 4) is 5.75 Å². The smallest absolute Gasteiger partial charge is 0.407 e. The van der Waals surface area contributed by atoms with Crippen molar-refractivity contribution < 1.29 is 14.3 Å². The van der Waals surface area contributed by atoms with Crippen molar-refractivity contribution in [3.63, 3.8) is 0 Å². The van der Waals surface area contributed by atoms with Gasteiger partial charge in [0, 0.05) is 17.4 Å². The van der Waals surface area contributed by atoms with Gasteiger partial charge in [0.2, 0.25) is 0 Å². The summed E-state index contributed by atoms with van der Waals surface area (Å²) in [5.41, 5.74) is 0.572. The Morgan fingerprint density at radius 3 is 2.62 bits per heavy atom. The Bertz CT molecular complexity index is 576. The molecule has 4 nitrogen and oxygen atoms in total. The van der Waals surface area contributed by atoms with E-state index in [4.69, 9.17) is 9.47 Å². The van der Waals surface area contributed by atoms with Gasteiger partial charge >= 0.3 is 6.09 Å². The van der Waals surface area contributed by atoms with Crippen LogP contribution >= 0.6 is 15.9 Å². The van der Waals surface area contributed by atoms with Crippen molar-refractivity contribution in [2.24, 2.45) is 0 Å². The van der Waals surface area contributed by atoms with E-state index in [1.165, 1.54) is 0 Å². The first-order valence-electron chi connectivity index (χ1n) is 8.31. The van der Waals surface area contributed by atoms with Crippen LogP contribution in [0.1, 0.15) is 52.5 Å². The number of halogens is 1. The van der Waals surface area contributed by atoms with Crippen molar-refractivity contribution in [3.05, 3.63) is 40.1 Å². The fraction of sp³-hybridized carbons (Fsp3) is 0.526. The van der Waals surface area contributed by atoms with Gasteiger partial charge in [-0.2, -0.15) is 0 Å². The molecule has 1 amide bonds. The zero-order chi connectivity index (χ0) is 18.2. The number of unbranched alkanes of at least 4 members (excludes halogenated alkanes) is 1. The molecule has 0 spiro atoms. The number of hydrogen-bond donors (Lipinski definition) is 1. The van der Waals surface area contributed by atoms with Crippen molar-refractivity contribution in [2.45, 2.75) is 59.5 Å². The highest BCUT2D eigenvalue weighted by Crippen LogP contribution is 2.24. The number of carbonyl (C=O) groups excluding carboxylic acids is 1. The topological polar surface area (TPSA) is 47.6 Å². The molecule has 0 aliphatic carbocycles. The van der Waals surface area contributed by atoms with Gasteiger partial charge in [0.05, 0.1) is 0 Å². The Balaban J connectivity index is 2.61. The van der Waals surface area contributed by atoms with Crippen molar-refractivity contribution in [1.82, 2.24) is 5.32 Å². The molecule has 24 heavy (non-hydrogen) atoms. The van der Waals surface area contributed by atoms with Crippen LogP contribution in [0.3, 0.4) is 0 Å². The van der Waals surface area contributed by atoms with Crippen LogP contribution in [-0.4, -0.2) is 18.2 Å². The number of carbonyl (C=O) groups is 1. The van der Waals surface area contributed by atoms with E-state index in [2.05, 4.69) is 34.2 Å². The summed E-state index contributed by atoms with van der Waals surface area (Å²) in [4.78, 5) is 11.7. The van der Waals surface area contributed by atoms with Gasteiger partial charge in [-0.25, -0.2) is 4.79 Å². The van der Waals surface area contributed by atoms with Crippen LogP contribution in [0.2, 0.25) is 0 Å². The highest BCUT2D eigenvalue weighted by molar-refractivity contribution is 9.10. The summed E-state index contributed by atoms with van der Waals surface area (Å²) in [5, 5.41) is 2.77. The van der Waals surface area contributed by atoms with E-state index in [9.17, 15) is 4.79 Å². The van der Waals surface area contributed by atoms with Gasteiger partial charge in [0.15, 0.2) is 0 Å². The minimum Gasteiger partial charge on any atom is -0.462 e. The first-order valence-corrected chi connectivity index (χ1v) is 9.10. The number of allylic oxidation sites excluding steroid dienone is 1. The minimum absolute atomic E-state index is 0.405. The van der Waals surface area contributed by atoms with Gasteiger partial charge in [-0.3, -0.25) is 0 Å². The van der Waals surface area contributed by atoms with E-state index in [0.717, 1.165) is 34.4 Å². The van der Waals surface area contributed by atoms with Gasteiger partial charge < -0.3 is 14.8 Å². The maximum Gasteiger partial charge on any atom is 0.407 e. The second-order valence-corrected chi connectivity index (χ2v) is 7.57. The molecular weight excluding hydrogens is 370 g/mol. The van der Waals surface area contributed by atoms with Crippen LogP contribution in [0.25, 0.3) is 0 Å². The molecule has 1 rings (SSSR count). The van der Waals surface area contributed by atoms with E-state index >= 15 is 0 Å². The largest absolute Gasteiger partial charge is 0.462 e. The average Bonchev–Trinajstić information content (AvgIpc) is 2.45. The molecule has 1 aromatic rings. The molecule has 0 fully saturated rings. The lowest BCUT2D eigenvalue weighted by Crippen LogP contribution is -2.33. The van der Waals surface area contributed by atoms with Gasteiger partial charge in [-0.15, -0.1) is 0 Å². The third kappa shape index (κ3) is 8.39. The minimum atomic E-state index is -0.490. The molecule has 0 saturated heterocycles. The summed E-state index contributed by atoms with van der Waals surface area (Å²) in [6, 6.07) is 5.92. The molecule has 0 aliphatic heterocycles. The van der Waals surface area contributed by atoms with E-state index in [1.54, 1.807) is 0 Å². The van der Waals surface area contributed by atoms with Crippen molar-refractivity contribution in [2.75, 3.05) is 6.54 Å². The lowest BCUT2D eigenvalue weighted by Gasteiger charge is -2.20. The molecule has 0 saturated carbocycles. The normalized spacial score (nSPS) is 12.0. The van der Waals surface area contributed by atoms with Gasteiger partial charge in [0.25, 0.3) is 0 Å². The molecule has 0 heterocycles. The fourth-order valence-corrected chi connectivity index (χ4v) is 2.45. The zero-order valence-electron chi connectivity index (χ0n) is 15.2. The quantitative estimate of drug-likeness (QED) is 0.597. The SMILES string of the molecule is CCC/C=C(\CCNC(=O)OC(C)(C)C)Oc1ccc(Br)cc1C. The maximum atomic E-state index is 11.7. The Morgan fingerprint density at radius 1 is 1.33 bits per heavy atom. The maximum absolute atomic E-state index is 11.7. The average molecular weight is 398 g/mol. The van der Waals surface area contributed by atoms with Gasteiger partial charge in [0.1, 0.15) is 17.1 Å². The number of alkyl carbamates (subject to hydrolysis) is 1. The van der Waals surface area contributed by atoms with E-state index in [0.29, 0.717) is 13.0 Å². The molecule has 0 radical (unpaired) electrons. The number of rotatable bonds is 7. The molecule has 0 unspecified atom stereocenters. The third-order valence-corrected chi connectivity index (χ3v) is 3.57. The van der Waals surface area contributed by atoms with E-state index < -0.39 is 11.7 Å². The second kappa shape index (κ2) is 9.72. The Kier molecular flexibility index (Phi) is 8.32. The first kappa shape index (κ1) is 20.6. The predicted molar refractivity (Wildman–Crippen MR) is 101 cm³/mol. The second-order valence-electron chi connectivity index (χ2n) is 6.65. The summed E-state index contributed by atoms with van der Waals surface area (Å²) in [6.07, 6.45) is 4.29. The lowest BCUT2D eigenvalue weighted by atomic mass is 10.2. The Morgan fingerprint density at radius 2 is 2.04 bits per heavy atom. The standard InChI is InChI=1S/C19H28BrNO3/c1-6-7-8-16(11-12-21-18(22)24-19(3,4)5)23-17-10-9-15(20)13-14(17)2/h8-10,13H,6-7,11-12H2,1-5H3,(H,21,22)/b16-8+. The molecule has 0 aliphatic rings. The first-order chi connectivity index (χ1) is 11.2. The number of aryl methyl sites for hydroxylation is 1. The number of amides is 1. The number of benzene rings is 1. The number of hydrogen-bond acceptors (Lipinski definition) is 3. The fourth-order valence-electron chi connectivity index (χ4n) is 1.97. The van der Waals surface area contributed by atoms with Gasteiger partial charge in [-0.1, -0.05) is 29.3 Å². The Hall–Kier alpha value is -1.49. The molecule has 0 bridgehead atoms. The van der Waals surface area contributed by atoms with E-state index in [1.807, 2.05) is 45.9 Å². The van der Waals surface area contributed by atoms with Crippen LogP contribution in [-0.2, 0) is 4.74 Å². The summed E-state index contributed by atoms with van der Waals surface area (Å²) >= 11 is 3.45. The summed E-state index contributed by atoms with van der Waals surface area (Å²) in [6.45, 7) is 10.1. The van der Waals surface area contributed by atoms with Crippen LogP contribution in [0.15, 0.2) is 34.5 Å². The van der Waals surface area contributed by atoms with Crippen LogP contribution in [0, 0.1) is 6.92 Å². The summed E-state index contributed by atoms with van der Waals surface area (Å²) < 4.78 is 12.3. The van der Waals surface area contributed by atoms with Crippen LogP contribution in [0.4, 0.5) is 4.79 Å². The third-order valence-electron chi connectivity index (χ3n) is 3.08. The number of ether oxygens (including phenoxy) is 2. The van der Waals surface area contributed by atoms with Crippen molar-refractivity contribution in [1.29, 1.82) is 0 Å².